The molecule has 0 atom stereocenters. The number of rotatable bonds is 5. The number of hydrogen-bond donors (Lipinski definition) is 1. The van der Waals surface area contributed by atoms with Crippen molar-refractivity contribution < 1.29 is 9.59 Å². The Morgan fingerprint density at radius 2 is 1.76 bits per heavy atom. The molecule has 2 heterocycles. The highest BCUT2D eigenvalue weighted by Crippen LogP contribution is 2.34. The molecule has 6 heteroatoms. The lowest BCUT2D eigenvalue weighted by Gasteiger charge is -2.15. The van der Waals surface area contributed by atoms with E-state index in [9.17, 15) is 9.59 Å². The van der Waals surface area contributed by atoms with E-state index in [1.54, 1.807) is 6.07 Å². The molecule has 0 spiro atoms. The maximum Gasteiger partial charge on any atom is 0.278 e. The number of carbonyl (C=O) groups is 2. The van der Waals surface area contributed by atoms with Crippen LogP contribution in [-0.2, 0) is 16.1 Å². The van der Waals surface area contributed by atoms with Crippen LogP contribution in [0.2, 0.25) is 5.02 Å². The maximum absolute atomic E-state index is 13.2. The number of amides is 2. The first-order valence-electron chi connectivity index (χ1n) is 9.17. The Balaban J connectivity index is 1.70. The summed E-state index contributed by atoms with van der Waals surface area (Å²) in [5.41, 5.74) is 4.33. The van der Waals surface area contributed by atoms with Crippen LogP contribution in [0.4, 0.5) is 5.69 Å². The topological polar surface area (TPSA) is 49.4 Å². The third-order valence-corrected chi connectivity index (χ3v) is 6.13. The van der Waals surface area contributed by atoms with Gasteiger partial charge >= 0.3 is 0 Å². The van der Waals surface area contributed by atoms with Crippen LogP contribution in [0.5, 0.6) is 0 Å². The Bertz CT molecular complexity index is 1120. The first-order valence-corrected chi connectivity index (χ1v) is 10.4. The van der Waals surface area contributed by atoms with Gasteiger partial charge in [0, 0.05) is 15.6 Å². The third-order valence-electron chi connectivity index (χ3n) is 4.84. The lowest BCUT2D eigenvalue weighted by Crippen LogP contribution is -2.31. The lowest BCUT2D eigenvalue weighted by molar-refractivity contribution is -0.137. The number of imide groups is 1. The van der Waals surface area contributed by atoms with E-state index in [1.165, 1.54) is 16.2 Å². The van der Waals surface area contributed by atoms with Gasteiger partial charge in [0.15, 0.2) is 0 Å². The number of carbonyl (C=O) groups excluding carboxylic acids is 2. The van der Waals surface area contributed by atoms with Gasteiger partial charge < -0.3 is 5.32 Å². The summed E-state index contributed by atoms with van der Waals surface area (Å²) in [5.74, 6) is -0.630. The van der Waals surface area contributed by atoms with Gasteiger partial charge in [0.2, 0.25) is 0 Å². The molecule has 0 saturated carbocycles. The second-order valence-electron chi connectivity index (χ2n) is 7.00. The lowest BCUT2D eigenvalue weighted by atomic mass is 10.1. The largest absolute Gasteiger partial charge is 0.350 e. The molecule has 0 unspecified atom stereocenters. The van der Waals surface area contributed by atoms with Crippen molar-refractivity contribution in [2.75, 3.05) is 5.32 Å². The van der Waals surface area contributed by atoms with Crippen LogP contribution in [-0.4, -0.2) is 16.7 Å². The molecule has 0 bridgehead atoms. The summed E-state index contributed by atoms with van der Waals surface area (Å²) in [5, 5.41) is 5.63. The fourth-order valence-corrected chi connectivity index (χ4v) is 4.12. The minimum atomic E-state index is -0.337. The van der Waals surface area contributed by atoms with Crippen LogP contribution < -0.4 is 5.32 Å². The zero-order valence-corrected chi connectivity index (χ0v) is 17.6. The Morgan fingerprint density at radius 3 is 2.41 bits per heavy atom. The summed E-state index contributed by atoms with van der Waals surface area (Å²) in [6.45, 7) is 4.14. The number of hydrogen-bond acceptors (Lipinski definition) is 4. The Morgan fingerprint density at radius 1 is 1.00 bits per heavy atom. The van der Waals surface area contributed by atoms with Crippen LogP contribution in [0.25, 0.3) is 5.57 Å². The first kappa shape index (κ1) is 19.4. The summed E-state index contributed by atoms with van der Waals surface area (Å²) >= 11 is 7.67. The van der Waals surface area contributed by atoms with E-state index >= 15 is 0 Å². The van der Waals surface area contributed by atoms with Crippen LogP contribution in [0, 0.1) is 13.8 Å². The quantitative estimate of drug-likeness (QED) is 0.559. The average molecular weight is 423 g/mol. The van der Waals surface area contributed by atoms with E-state index in [-0.39, 0.29) is 24.1 Å². The Kier molecular flexibility index (Phi) is 5.26. The monoisotopic (exact) mass is 422 g/mol. The molecule has 0 radical (unpaired) electrons. The highest BCUT2D eigenvalue weighted by Gasteiger charge is 2.39. The fraction of sp³-hybridized carbons (Fsp3) is 0.130. The predicted molar refractivity (Wildman–Crippen MR) is 118 cm³/mol. The van der Waals surface area contributed by atoms with Crippen molar-refractivity contribution in [1.29, 1.82) is 0 Å². The number of anilines is 1. The van der Waals surface area contributed by atoms with Gasteiger partial charge in [-0.3, -0.25) is 14.5 Å². The van der Waals surface area contributed by atoms with Gasteiger partial charge in [-0.05, 0) is 48.6 Å². The van der Waals surface area contributed by atoms with Gasteiger partial charge in [0.05, 0.1) is 12.1 Å². The average Bonchev–Trinajstić information content (AvgIpc) is 3.30. The molecule has 1 aromatic heterocycles. The molecule has 29 heavy (non-hydrogen) atoms. The fourth-order valence-electron chi connectivity index (χ4n) is 3.18. The molecule has 146 valence electrons. The normalized spacial score (nSPS) is 14.1. The highest BCUT2D eigenvalue weighted by atomic mass is 35.5. The van der Waals surface area contributed by atoms with Gasteiger partial charge in [-0.15, -0.1) is 11.3 Å². The minimum absolute atomic E-state index is 0.229. The molecule has 4 rings (SSSR count). The van der Waals surface area contributed by atoms with E-state index in [1.807, 2.05) is 67.8 Å². The zero-order chi connectivity index (χ0) is 20.5. The molecule has 1 aliphatic heterocycles. The van der Waals surface area contributed by atoms with Crippen LogP contribution >= 0.6 is 22.9 Å². The van der Waals surface area contributed by atoms with Gasteiger partial charge in [-0.2, -0.15) is 0 Å². The zero-order valence-electron chi connectivity index (χ0n) is 16.0. The number of halogens is 1. The number of nitrogens with zero attached hydrogens (tertiary/aromatic N) is 1. The molecule has 1 N–H and O–H groups in total. The third kappa shape index (κ3) is 3.84. The van der Waals surface area contributed by atoms with Crippen molar-refractivity contribution in [3.05, 3.63) is 92.3 Å². The second-order valence-corrected chi connectivity index (χ2v) is 8.35. The molecule has 0 saturated heterocycles. The highest BCUT2D eigenvalue weighted by molar-refractivity contribution is 7.11. The molecular weight excluding hydrogens is 404 g/mol. The van der Waals surface area contributed by atoms with Gasteiger partial charge in [0.25, 0.3) is 11.8 Å². The van der Waals surface area contributed by atoms with Crippen molar-refractivity contribution in [3.63, 3.8) is 0 Å². The summed E-state index contributed by atoms with van der Waals surface area (Å²) in [6, 6.07) is 17.0. The second kappa shape index (κ2) is 7.85. The van der Waals surface area contributed by atoms with Gasteiger partial charge in [-0.25, -0.2) is 0 Å². The van der Waals surface area contributed by atoms with Crippen LogP contribution in [0.15, 0.2) is 65.7 Å². The summed E-state index contributed by atoms with van der Waals surface area (Å²) < 4.78 is 0. The van der Waals surface area contributed by atoms with Crippen molar-refractivity contribution in [2.45, 2.75) is 20.4 Å². The number of aryl methyl sites for hydroxylation is 2. The SMILES string of the molecule is Cc1ccc(CN2C(=O)C(Nc3ccc(C)c(Cl)c3)=C(c3cccs3)C2=O)cc1. The molecule has 3 aromatic rings. The maximum atomic E-state index is 13.2. The summed E-state index contributed by atoms with van der Waals surface area (Å²) in [7, 11) is 0. The van der Waals surface area contributed by atoms with Crippen molar-refractivity contribution >= 4 is 46.0 Å². The molecular formula is C23H19ClN2O2S. The van der Waals surface area contributed by atoms with E-state index < -0.39 is 0 Å². The van der Waals surface area contributed by atoms with Crippen molar-refractivity contribution in [2.24, 2.45) is 0 Å². The standard InChI is InChI=1S/C23H19ClN2O2S/c1-14-5-8-16(9-6-14)13-26-22(27)20(19-4-3-11-29-19)21(23(26)28)25-17-10-7-15(2)18(24)12-17/h3-12,25H,13H2,1-2H3. The predicted octanol–water partition coefficient (Wildman–Crippen LogP) is 5.41. The van der Waals surface area contributed by atoms with Crippen molar-refractivity contribution in [1.82, 2.24) is 4.90 Å². The van der Waals surface area contributed by atoms with E-state index in [4.69, 9.17) is 11.6 Å². The van der Waals surface area contributed by atoms with Gasteiger partial charge in [-0.1, -0.05) is 53.6 Å². The Hall–Kier alpha value is -2.89. The van der Waals surface area contributed by atoms with Gasteiger partial charge in [0.1, 0.15) is 5.70 Å². The number of benzene rings is 2. The molecule has 1 aliphatic rings. The Labute approximate surface area is 178 Å². The summed E-state index contributed by atoms with van der Waals surface area (Å²) in [6.07, 6.45) is 0. The molecule has 4 nitrogen and oxygen atoms in total. The van der Waals surface area contributed by atoms with E-state index in [0.29, 0.717) is 16.3 Å². The van der Waals surface area contributed by atoms with E-state index in [0.717, 1.165) is 21.6 Å². The molecule has 0 fully saturated rings. The van der Waals surface area contributed by atoms with Crippen molar-refractivity contribution in [3.8, 4) is 0 Å². The van der Waals surface area contributed by atoms with E-state index in [2.05, 4.69) is 5.32 Å². The first-order chi connectivity index (χ1) is 13.9. The molecule has 2 aromatic carbocycles. The van der Waals surface area contributed by atoms with Crippen LogP contribution in [0.3, 0.4) is 0 Å². The van der Waals surface area contributed by atoms with Crippen LogP contribution in [0.1, 0.15) is 21.6 Å². The number of nitrogens with one attached hydrogen (secondary N) is 1. The molecule has 2 amide bonds. The molecule has 0 aliphatic carbocycles. The number of thiophene rings is 1. The minimum Gasteiger partial charge on any atom is -0.350 e. The summed E-state index contributed by atoms with van der Waals surface area (Å²) in [4.78, 5) is 28.4. The smallest absolute Gasteiger partial charge is 0.278 e.